The van der Waals surface area contributed by atoms with Crippen LogP contribution >= 0.6 is 0 Å². The third kappa shape index (κ3) is 6.28. The van der Waals surface area contributed by atoms with E-state index in [0.29, 0.717) is 6.61 Å². The molecule has 0 atom stereocenters. The van der Waals surface area contributed by atoms with Crippen molar-refractivity contribution in [2.24, 2.45) is 0 Å². The summed E-state index contributed by atoms with van der Waals surface area (Å²) >= 11 is 0. The normalized spacial score (nSPS) is 8.67. The predicted molar refractivity (Wildman–Crippen MR) is 72.9 cm³/mol. The lowest BCUT2D eigenvalue weighted by Gasteiger charge is -2.00. The number of esters is 1. The van der Waals surface area contributed by atoms with Crippen molar-refractivity contribution < 1.29 is 9.53 Å². The molecule has 0 aliphatic carbocycles. The van der Waals surface area contributed by atoms with Crippen LogP contribution in [0.4, 0.5) is 0 Å². The van der Waals surface area contributed by atoms with Gasteiger partial charge < -0.3 is 4.74 Å². The topological polar surface area (TPSA) is 26.3 Å². The minimum Gasteiger partial charge on any atom is -0.458 e. The summed E-state index contributed by atoms with van der Waals surface area (Å²) in [7, 11) is 0. The summed E-state index contributed by atoms with van der Waals surface area (Å²) in [6.45, 7) is 3.61. The van der Waals surface area contributed by atoms with Crippen molar-refractivity contribution >= 4 is 5.97 Å². The van der Waals surface area contributed by atoms with E-state index in [1.165, 1.54) is 0 Å². The van der Waals surface area contributed by atoms with Crippen molar-refractivity contribution in [2.45, 2.75) is 6.61 Å². The third-order valence-electron chi connectivity index (χ3n) is 2.06. The molecule has 0 amide bonds. The quantitative estimate of drug-likeness (QED) is 0.605. The molecule has 2 rings (SSSR count). The Balaban J connectivity index is 0.000000225. The first-order valence-corrected chi connectivity index (χ1v) is 5.66. The Labute approximate surface area is 108 Å². The highest BCUT2D eigenvalue weighted by molar-refractivity contribution is 5.81. The van der Waals surface area contributed by atoms with Gasteiger partial charge in [0.1, 0.15) is 6.61 Å². The van der Waals surface area contributed by atoms with Crippen LogP contribution in [0, 0.1) is 0 Å². The van der Waals surface area contributed by atoms with Crippen LogP contribution in [0.3, 0.4) is 0 Å². The van der Waals surface area contributed by atoms with E-state index >= 15 is 0 Å². The van der Waals surface area contributed by atoms with E-state index in [9.17, 15) is 4.79 Å². The second-order valence-corrected chi connectivity index (χ2v) is 3.45. The Hall–Kier alpha value is -2.35. The summed E-state index contributed by atoms with van der Waals surface area (Å²) in [6, 6.07) is 21.5. The Bertz CT molecular complexity index is 422. The largest absolute Gasteiger partial charge is 0.458 e. The molecule has 0 aliphatic heterocycles. The number of rotatable bonds is 3. The van der Waals surface area contributed by atoms with E-state index < -0.39 is 0 Å². The van der Waals surface area contributed by atoms with Crippen molar-refractivity contribution in [1.82, 2.24) is 0 Å². The van der Waals surface area contributed by atoms with Gasteiger partial charge in [-0.2, -0.15) is 0 Å². The molecular weight excluding hydrogens is 224 g/mol. The fourth-order valence-electron chi connectivity index (χ4n) is 1.17. The first-order valence-electron chi connectivity index (χ1n) is 5.66. The Morgan fingerprint density at radius 3 is 1.83 bits per heavy atom. The second kappa shape index (κ2) is 8.76. The fraction of sp³-hybridized carbons (Fsp3) is 0.0625. The highest BCUT2D eigenvalue weighted by atomic mass is 16.5. The summed E-state index contributed by atoms with van der Waals surface area (Å²) in [5.74, 6) is -0.390. The lowest BCUT2D eigenvalue weighted by molar-refractivity contribution is -0.138. The molecule has 0 radical (unpaired) electrons. The van der Waals surface area contributed by atoms with Gasteiger partial charge in [0.25, 0.3) is 0 Å². The first kappa shape index (κ1) is 13.7. The lowest BCUT2D eigenvalue weighted by Crippen LogP contribution is -1.99. The van der Waals surface area contributed by atoms with Crippen LogP contribution in [0.5, 0.6) is 0 Å². The maximum absolute atomic E-state index is 10.6. The lowest BCUT2D eigenvalue weighted by atomic mass is 10.2. The standard InChI is InChI=1S/C10H10O2.C6H6/c1-2-10(11)12-8-9-6-4-3-5-7-9;1-2-4-6-5-3-1/h2-7H,1,8H2;1-6H. The Morgan fingerprint density at radius 2 is 1.39 bits per heavy atom. The average molecular weight is 240 g/mol. The van der Waals surface area contributed by atoms with Crippen LogP contribution in [0.15, 0.2) is 79.4 Å². The van der Waals surface area contributed by atoms with E-state index in [1.54, 1.807) is 0 Å². The van der Waals surface area contributed by atoms with Crippen LogP contribution < -0.4 is 0 Å². The number of benzene rings is 2. The van der Waals surface area contributed by atoms with Crippen LogP contribution in [0.25, 0.3) is 0 Å². The van der Waals surface area contributed by atoms with Crippen LogP contribution in [-0.4, -0.2) is 5.97 Å². The fourth-order valence-corrected chi connectivity index (χ4v) is 1.17. The monoisotopic (exact) mass is 240 g/mol. The van der Waals surface area contributed by atoms with Gasteiger partial charge in [-0.15, -0.1) is 0 Å². The Morgan fingerprint density at radius 1 is 0.944 bits per heavy atom. The van der Waals surface area contributed by atoms with Crippen molar-refractivity contribution in [3.8, 4) is 0 Å². The molecule has 0 spiro atoms. The summed E-state index contributed by atoms with van der Waals surface area (Å²) < 4.78 is 4.82. The number of carbonyl (C=O) groups excluding carboxylic acids is 1. The molecule has 18 heavy (non-hydrogen) atoms. The number of carbonyl (C=O) groups is 1. The van der Waals surface area contributed by atoms with Crippen molar-refractivity contribution in [3.05, 3.63) is 84.9 Å². The van der Waals surface area contributed by atoms with Crippen LogP contribution in [0.2, 0.25) is 0 Å². The van der Waals surface area contributed by atoms with Gasteiger partial charge in [0.15, 0.2) is 0 Å². The average Bonchev–Trinajstić information content (AvgIpc) is 2.48. The summed E-state index contributed by atoms with van der Waals surface area (Å²) in [5.41, 5.74) is 0.979. The van der Waals surface area contributed by atoms with E-state index in [2.05, 4.69) is 6.58 Å². The summed E-state index contributed by atoms with van der Waals surface area (Å²) in [6.07, 6.45) is 1.16. The first-order chi connectivity index (χ1) is 8.83. The minimum atomic E-state index is -0.390. The molecule has 0 bridgehead atoms. The zero-order chi connectivity index (χ0) is 13.1. The van der Waals surface area contributed by atoms with E-state index in [4.69, 9.17) is 4.74 Å². The molecule has 0 fully saturated rings. The van der Waals surface area contributed by atoms with E-state index in [-0.39, 0.29) is 5.97 Å². The van der Waals surface area contributed by atoms with Gasteiger partial charge in [0, 0.05) is 6.08 Å². The second-order valence-electron chi connectivity index (χ2n) is 3.45. The molecular formula is C16H16O2. The van der Waals surface area contributed by atoms with Crippen molar-refractivity contribution in [2.75, 3.05) is 0 Å². The Kier molecular flexibility index (Phi) is 6.68. The van der Waals surface area contributed by atoms with E-state index in [1.807, 2.05) is 66.7 Å². The molecule has 2 nitrogen and oxygen atoms in total. The summed E-state index contributed by atoms with van der Waals surface area (Å²) in [5, 5.41) is 0. The summed E-state index contributed by atoms with van der Waals surface area (Å²) in [4.78, 5) is 10.6. The van der Waals surface area contributed by atoms with E-state index in [0.717, 1.165) is 11.6 Å². The third-order valence-corrected chi connectivity index (χ3v) is 2.06. The molecule has 0 heterocycles. The highest BCUT2D eigenvalue weighted by Crippen LogP contribution is 2.00. The molecule has 0 N–H and O–H groups in total. The highest BCUT2D eigenvalue weighted by Gasteiger charge is 1.95. The molecule has 0 aromatic heterocycles. The van der Waals surface area contributed by atoms with Gasteiger partial charge in [0.05, 0.1) is 0 Å². The molecule has 2 aromatic rings. The molecule has 0 saturated heterocycles. The van der Waals surface area contributed by atoms with Crippen molar-refractivity contribution in [1.29, 1.82) is 0 Å². The van der Waals surface area contributed by atoms with Gasteiger partial charge in [-0.1, -0.05) is 73.3 Å². The van der Waals surface area contributed by atoms with Gasteiger partial charge in [-0.3, -0.25) is 0 Å². The molecule has 0 aliphatic rings. The number of hydrogen-bond donors (Lipinski definition) is 0. The number of ether oxygens (including phenoxy) is 1. The minimum absolute atomic E-state index is 0.311. The molecule has 0 saturated carbocycles. The van der Waals surface area contributed by atoms with Crippen LogP contribution in [-0.2, 0) is 16.1 Å². The molecule has 2 heteroatoms. The molecule has 2 aromatic carbocycles. The molecule has 92 valence electrons. The smallest absolute Gasteiger partial charge is 0.330 e. The predicted octanol–water partition coefficient (Wildman–Crippen LogP) is 3.60. The van der Waals surface area contributed by atoms with Gasteiger partial charge in [-0.05, 0) is 5.56 Å². The zero-order valence-electron chi connectivity index (χ0n) is 10.2. The van der Waals surface area contributed by atoms with Gasteiger partial charge >= 0.3 is 5.97 Å². The number of hydrogen-bond acceptors (Lipinski definition) is 2. The SMILES string of the molecule is C=CC(=O)OCc1ccccc1.c1ccccc1. The van der Waals surface area contributed by atoms with Gasteiger partial charge in [-0.25, -0.2) is 4.79 Å². The maximum Gasteiger partial charge on any atom is 0.330 e. The van der Waals surface area contributed by atoms with Gasteiger partial charge in [0.2, 0.25) is 0 Å². The zero-order valence-corrected chi connectivity index (χ0v) is 10.2. The molecule has 0 unspecified atom stereocenters. The van der Waals surface area contributed by atoms with Crippen LogP contribution in [0.1, 0.15) is 5.56 Å². The van der Waals surface area contributed by atoms with Crippen molar-refractivity contribution in [3.63, 3.8) is 0 Å². The maximum atomic E-state index is 10.6.